The Morgan fingerprint density at radius 3 is 1.95 bits per heavy atom. The van der Waals surface area contributed by atoms with Gasteiger partial charge in [0.05, 0.1) is 0 Å². The number of methoxy groups -OCH3 is 1. The largest absolute Gasteiger partial charge is 0.385 e. The maximum atomic E-state index is 11.7. The van der Waals surface area contributed by atoms with Gasteiger partial charge in [0, 0.05) is 26.7 Å². The third kappa shape index (κ3) is 17.5. The second-order valence-electron chi connectivity index (χ2n) is 6.34. The summed E-state index contributed by atoms with van der Waals surface area (Å²) < 4.78 is 5.01. The molecule has 0 rings (SSSR count). The fourth-order valence-corrected chi connectivity index (χ4v) is 2.64. The van der Waals surface area contributed by atoms with Crippen LogP contribution in [0.4, 0.5) is 0 Å². The van der Waals surface area contributed by atoms with Crippen molar-refractivity contribution in [3.8, 4) is 0 Å². The molecule has 22 heavy (non-hydrogen) atoms. The van der Waals surface area contributed by atoms with Gasteiger partial charge in [-0.3, -0.25) is 4.79 Å². The Bertz CT molecular complexity index is 231. The molecule has 0 fully saturated rings. The smallest absolute Gasteiger partial charge is 0.219 e. The lowest BCUT2D eigenvalue weighted by atomic mass is 10.1. The molecule has 1 N–H and O–H groups in total. The summed E-state index contributed by atoms with van der Waals surface area (Å²) in [5.74, 6) is 0.236. The molecule has 0 saturated heterocycles. The van der Waals surface area contributed by atoms with Crippen LogP contribution in [0.3, 0.4) is 0 Å². The van der Waals surface area contributed by atoms with Gasteiger partial charge in [-0.05, 0) is 19.3 Å². The number of amides is 1. The van der Waals surface area contributed by atoms with Crippen LogP contribution < -0.4 is 5.32 Å². The number of rotatable bonds is 17. The molecule has 132 valence electrons. The molecule has 0 aliphatic carbocycles. The van der Waals surface area contributed by atoms with E-state index in [0.29, 0.717) is 6.42 Å². The highest BCUT2D eigenvalue weighted by atomic mass is 16.5. The summed E-state index contributed by atoms with van der Waals surface area (Å²) in [6.07, 6.45) is 17.0. The van der Waals surface area contributed by atoms with E-state index in [1.165, 1.54) is 64.2 Å². The Kier molecular flexibility index (Phi) is 18.0. The van der Waals surface area contributed by atoms with Gasteiger partial charge in [0.25, 0.3) is 0 Å². The first-order valence-corrected chi connectivity index (χ1v) is 9.57. The topological polar surface area (TPSA) is 38.3 Å². The molecule has 0 atom stereocenters. The second kappa shape index (κ2) is 18.5. The number of nitrogens with one attached hydrogen (secondary N) is 1. The molecule has 0 aliphatic rings. The molecule has 0 aromatic rings. The average molecular weight is 314 g/mol. The molecule has 0 saturated carbocycles. The fourth-order valence-electron chi connectivity index (χ4n) is 2.64. The highest BCUT2D eigenvalue weighted by molar-refractivity contribution is 5.75. The average Bonchev–Trinajstić information content (AvgIpc) is 2.52. The van der Waals surface area contributed by atoms with Crippen LogP contribution in [0, 0.1) is 0 Å². The van der Waals surface area contributed by atoms with Gasteiger partial charge in [-0.15, -0.1) is 0 Å². The number of ether oxygens (including phenoxy) is 1. The van der Waals surface area contributed by atoms with Crippen LogP contribution in [0.1, 0.15) is 96.8 Å². The van der Waals surface area contributed by atoms with Crippen LogP contribution in [0.15, 0.2) is 0 Å². The summed E-state index contributed by atoms with van der Waals surface area (Å²) in [5.41, 5.74) is 0. The summed E-state index contributed by atoms with van der Waals surface area (Å²) >= 11 is 0. The highest BCUT2D eigenvalue weighted by Gasteiger charge is 2.00. The minimum absolute atomic E-state index is 0.236. The van der Waals surface area contributed by atoms with E-state index in [2.05, 4.69) is 12.2 Å². The van der Waals surface area contributed by atoms with Gasteiger partial charge >= 0.3 is 0 Å². The second-order valence-corrected chi connectivity index (χ2v) is 6.34. The van der Waals surface area contributed by atoms with Crippen molar-refractivity contribution in [3.05, 3.63) is 0 Å². The molecule has 0 bridgehead atoms. The SMILES string of the molecule is CCCCCCCCCCCC(=O)NCCCCCCOC. The molecule has 0 spiro atoms. The number of carbonyl (C=O) groups is 1. The highest BCUT2D eigenvalue weighted by Crippen LogP contribution is 2.10. The maximum Gasteiger partial charge on any atom is 0.219 e. The molecule has 0 radical (unpaired) electrons. The monoisotopic (exact) mass is 313 g/mol. The van der Waals surface area contributed by atoms with Crippen molar-refractivity contribution in [3.63, 3.8) is 0 Å². The van der Waals surface area contributed by atoms with E-state index in [0.717, 1.165) is 32.4 Å². The van der Waals surface area contributed by atoms with Crippen molar-refractivity contribution >= 4 is 5.91 Å². The van der Waals surface area contributed by atoms with Crippen molar-refractivity contribution in [1.82, 2.24) is 5.32 Å². The van der Waals surface area contributed by atoms with E-state index in [1.807, 2.05) is 0 Å². The zero-order chi connectivity index (χ0) is 16.3. The third-order valence-electron chi connectivity index (χ3n) is 4.10. The molecule has 0 aliphatic heterocycles. The van der Waals surface area contributed by atoms with E-state index >= 15 is 0 Å². The van der Waals surface area contributed by atoms with Crippen LogP contribution >= 0.6 is 0 Å². The van der Waals surface area contributed by atoms with Gasteiger partial charge in [-0.1, -0.05) is 71.1 Å². The first-order chi connectivity index (χ1) is 10.8. The number of unbranched alkanes of at least 4 members (excludes halogenated alkanes) is 11. The Balaban J connectivity index is 3.13. The van der Waals surface area contributed by atoms with Gasteiger partial charge in [0.15, 0.2) is 0 Å². The van der Waals surface area contributed by atoms with E-state index in [9.17, 15) is 4.79 Å². The molecule has 3 heteroatoms. The zero-order valence-electron chi connectivity index (χ0n) is 15.1. The first-order valence-electron chi connectivity index (χ1n) is 9.57. The number of carbonyl (C=O) groups excluding carboxylic acids is 1. The summed E-state index contributed by atoms with van der Waals surface area (Å²) in [4.78, 5) is 11.7. The lowest BCUT2D eigenvalue weighted by molar-refractivity contribution is -0.121. The van der Waals surface area contributed by atoms with E-state index in [1.54, 1.807) is 7.11 Å². The summed E-state index contributed by atoms with van der Waals surface area (Å²) in [6.45, 7) is 3.95. The van der Waals surface area contributed by atoms with Crippen molar-refractivity contribution in [2.45, 2.75) is 96.8 Å². The van der Waals surface area contributed by atoms with Crippen molar-refractivity contribution in [1.29, 1.82) is 0 Å². The molecule has 0 unspecified atom stereocenters. The molecule has 1 amide bonds. The van der Waals surface area contributed by atoms with Crippen LogP contribution in [-0.2, 0) is 9.53 Å². The quantitative estimate of drug-likeness (QED) is 0.373. The minimum Gasteiger partial charge on any atom is -0.385 e. The minimum atomic E-state index is 0.236. The standard InChI is InChI=1S/C19H39NO2/c1-3-4-5-6-7-8-9-10-13-16-19(21)20-17-14-11-12-15-18-22-2/h3-18H2,1-2H3,(H,20,21). The van der Waals surface area contributed by atoms with Gasteiger partial charge in [-0.25, -0.2) is 0 Å². The van der Waals surface area contributed by atoms with Crippen LogP contribution in [-0.4, -0.2) is 26.2 Å². The van der Waals surface area contributed by atoms with Gasteiger partial charge in [0.1, 0.15) is 0 Å². The number of hydrogen-bond donors (Lipinski definition) is 1. The molecular weight excluding hydrogens is 274 g/mol. The van der Waals surface area contributed by atoms with Crippen molar-refractivity contribution in [2.24, 2.45) is 0 Å². The zero-order valence-corrected chi connectivity index (χ0v) is 15.1. The normalized spacial score (nSPS) is 10.8. The predicted octanol–water partition coefficient (Wildman–Crippen LogP) is 5.23. The Hall–Kier alpha value is -0.570. The molecule has 3 nitrogen and oxygen atoms in total. The predicted molar refractivity (Wildman–Crippen MR) is 95.2 cm³/mol. The van der Waals surface area contributed by atoms with E-state index in [-0.39, 0.29) is 5.91 Å². The Morgan fingerprint density at radius 2 is 1.32 bits per heavy atom. The van der Waals surface area contributed by atoms with Gasteiger partial charge < -0.3 is 10.1 Å². The summed E-state index contributed by atoms with van der Waals surface area (Å²) in [5, 5.41) is 3.03. The van der Waals surface area contributed by atoms with E-state index in [4.69, 9.17) is 4.74 Å². The van der Waals surface area contributed by atoms with Crippen LogP contribution in [0.2, 0.25) is 0 Å². The van der Waals surface area contributed by atoms with Crippen LogP contribution in [0.25, 0.3) is 0 Å². The van der Waals surface area contributed by atoms with Crippen molar-refractivity contribution in [2.75, 3.05) is 20.3 Å². The lowest BCUT2D eigenvalue weighted by Gasteiger charge is -2.05. The van der Waals surface area contributed by atoms with Gasteiger partial charge in [0.2, 0.25) is 5.91 Å². The van der Waals surface area contributed by atoms with E-state index < -0.39 is 0 Å². The third-order valence-corrected chi connectivity index (χ3v) is 4.10. The van der Waals surface area contributed by atoms with Crippen LogP contribution in [0.5, 0.6) is 0 Å². The number of hydrogen-bond acceptors (Lipinski definition) is 2. The Morgan fingerprint density at radius 1 is 0.773 bits per heavy atom. The molecule has 0 heterocycles. The van der Waals surface area contributed by atoms with Gasteiger partial charge in [-0.2, -0.15) is 0 Å². The molecule has 0 aromatic carbocycles. The molecular formula is C19H39NO2. The lowest BCUT2D eigenvalue weighted by Crippen LogP contribution is -2.23. The Labute approximate surface area is 138 Å². The summed E-state index contributed by atoms with van der Waals surface area (Å²) in [7, 11) is 1.74. The summed E-state index contributed by atoms with van der Waals surface area (Å²) in [6, 6.07) is 0. The maximum absolute atomic E-state index is 11.7. The van der Waals surface area contributed by atoms with Crippen molar-refractivity contribution < 1.29 is 9.53 Å². The first kappa shape index (κ1) is 21.4. The molecule has 0 aromatic heterocycles. The fraction of sp³-hybridized carbons (Fsp3) is 0.947.